The van der Waals surface area contributed by atoms with E-state index in [0.29, 0.717) is 23.9 Å². The summed E-state index contributed by atoms with van der Waals surface area (Å²) in [5.41, 5.74) is 0. The van der Waals surface area contributed by atoms with E-state index in [2.05, 4.69) is 16.8 Å². The van der Waals surface area contributed by atoms with Gasteiger partial charge in [-0.3, -0.25) is 4.79 Å². The van der Waals surface area contributed by atoms with Crippen molar-refractivity contribution in [2.75, 3.05) is 20.1 Å². The van der Waals surface area contributed by atoms with Crippen molar-refractivity contribution >= 4 is 5.91 Å². The van der Waals surface area contributed by atoms with Crippen LogP contribution in [-0.2, 0) is 4.79 Å². The second-order valence-corrected chi connectivity index (χ2v) is 6.41. The summed E-state index contributed by atoms with van der Waals surface area (Å²) in [5, 5.41) is 0. The van der Waals surface area contributed by atoms with Gasteiger partial charge in [0.2, 0.25) is 5.91 Å². The first kappa shape index (κ1) is 12.5. The van der Waals surface area contributed by atoms with E-state index in [9.17, 15) is 4.79 Å². The van der Waals surface area contributed by atoms with Crippen molar-refractivity contribution < 1.29 is 4.79 Å². The lowest BCUT2D eigenvalue weighted by atomic mass is 10.0. The van der Waals surface area contributed by atoms with Crippen molar-refractivity contribution in [1.29, 1.82) is 0 Å². The Balaban J connectivity index is 1.68. The topological polar surface area (TPSA) is 23.6 Å². The predicted octanol–water partition coefficient (Wildman–Crippen LogP) is 2.26. The maximum absolute atomic E-state index is 12.6. The van der Waals surface area contributed by atoms with Crippen LogP contribution in [0.2, 0.25) is 0 Å². The fourth-order valence-electron chi connectivity index (χ4n) is 4.30. The minimum Gasteiger partial charge on any atom is -0.338 e. The van der Waals surface area contributed by atoms with Crippen LogP contribution < -0.4 is 0 Å². The number of rotatable bonds is 2. The van der Waals surface area contributed by atoms with Crippen molar-refractivity contribution in [2.24, 2.45) is 5.92 Å². The maximum atomic E-state index is 12.6. The van der Waals surface area contributed by atoms with Crippen LogP contribution in [0, 0.1) is 5.92 Å². The summed E-state index contributed by atoms with van der Waals surface area (Å²) < 4.78 is 0. The van der Waals surface area contributed by atoms with E-state index in [1.807, 2.05) is 0 Å². The first-order chi connectivity index (χ1) is 8.77. The smallest absolute Gasteiger partial charge is 0.225 e. The number of hydrogen-bond acceptors (Lipinski definition) is 2. The average molecular weight is 250 g/mol. The minimum absolute atomic E-state index is 0.359. The predicted molar refractivity (Wildman–Crippen MR) is 72.3 cm³/mol. The first-order valence-corrected chi connectivity index (χ1v) is 7.78. The van der Waals surface area contributed by atoms with Gasteiger partial charge in [0.05, 0.1) is 0 Å². The molecular weight excluding hydrogens is 224 g/mol. The molecule has 3 fully saturated rings. The highest BCUT2D eigenvalue weighted by molar-refractivity contribution is 5.79. The molecule has 3 heteroatoms. The summed E-state index contributed by atoms with van der Waals surface area (Å²) >= 11 is 0. The van der Waals surface area contributed by atoms with Gasteiger partial charge in [-0.1, -0.05) is 12.8 Å². The molecule has 1 saturated carbocycles. The first-order valence-electron chi connectivity index (χ1n) is 7.78. The molecule has 3 aliphatic rings. The lowest BCUT2D eigenvalue weighted by Crippen LogP contribution is -2.48. The molecule has 0 radical (unpaired) electrons. The van der Waals surface area contributed by atoms with Gasteiger partial charge >= 0.3 is 0 Å². The molecule has 2 heterocycles. The summed E-state index contributed by atoms with van der Waals surface area (Å²) in [5.74, 6) is 0.840. The SMILES string of the molecule is CN1CCCC1C1CCCN1C(=O)C1CCCC1. The van der Waals surface area contributed by atoms with Crippen molar-refractivity contribution in [2.45, 2.75) is 63.5 Å². The third kappa shape index (κ3) is 2.18. The Morgan fingerprint density at radius 2 is 1.56 bits per heavy atom. The molecule has 102 valence electrons. The molecule has 1 aliphatic carbocycles. The van der Waals surface area contributed by atoms with Crippen LogP contribution in [0.15, 0.2) is 0 Å². The highest BCUT2D eigenvalue weighted by Crippen LogP contribution is 2.33. The Bertz CT molecular complexity index is 312. The quantitative estimate of drug-likeness (QED) is 0.750. The number of nitrogens with zero attached hydrogens (tertiary/aromatic N) is 2. The molecule has 2 atom stereocenters. The number of likely N-dealkylation sites (N-methyl/N-ethyl adjacent to an activating group) is 1. The molecule has 2 unspecified atom stereocenters. The zero-order valence-electron chi connectivity index (χ0n) is 11.6. The highest BCUT2D eigenvalue weighted by Gasteiger charge is 2.40. The van der Waals surface area contributed by atoms with Crippen molar-refractivity contribution in [3.63, 3.8) is 0 Å². The van der Waals surface area contributed by atoms with Crippen molar-refractivity contribution in [3.8, 4) is 0 Å². The van der Waals surface area contributed by atoms with Gasteiger partial charge in [-0.25, -0.2) is 0 Å². The third-order valence-corrected chi connectivity index (χ3v) is 5.31. The van der Waals surface area contributed by atoms with Crippen LogP contribution >= 0.6 is 0 Å². The van der Waals surface area contributed by atoms with Crippen LogP contribution in [0.25, 0.3) is 0 Å². The summed E-state index contributed by atoms with van der Waals surface area (Å²) in [4.78, 5) is 17.4. The van der Waals surface area contributed by atoms with Crippen LogP contribution in [0.4, 0.5) is 0 Å². The van der Waals surface area contributed by atoms with Crippen molar-refractivity contribution in [1.82, 2.24) is 9.80 Å². The van der Waals surface area contributed by atoms with Crippen LogP contribution in [-0.4, -0.2) is 47.9 Å². The minimum atomic E-state index is 0.359. The molecule has 2 saturated heterocycles. The van der Waals surface area contributed by atoms with E-state index in [1.165, 1.54) is 45.1 Å². The van der Waals surface area contributed by atoms with Gasteiger partial charge in [-0.05, 0) is 52.1 Å². The molecule has 2 aliphatic heterocycles. The number of likely N-dealkylation sites (tertiary alicyclic amines) is 2. The second-order valence-electron chi connectivity index (χ2n) is 6.41. The molecule has 0 aromatic rings. The van der Waals surface area contributed by atoms with E-state index in [4.69, 9.17) is 0 Å². The lowest BCUT2D eigenvalue weighted by Gasteiger charge is -2.34. The molecule has 0 N–H and O–H groups in total. The molecular formula is C15H26N2O. The number of hydrogen-bond donors (Lipinski definition) is 0. The molecule has 3 rings (SSSR count). The van der Waals surface area contributed by atoms with Gasteiger partial charge < -0.3 is 9.80 Å². The summed E-state index contributed by atoms with van der Waals surface area (Å²) in [6, 6.07) is 1.16. The van der Waals surface area contributed by atoms with Crippen molar-refractivity contribution in [3.05, 3.63) is 0 Å². The fraction of sp³-hybridized carbons (Fsp3) is 0.933. The Morgan fingerprint density at radius 3 is 2.22 bits per heavy atom. The van der Waals surface area contributed by atoms with Gasteiger partial charge in [0.1, 0.15) is 0 Å². The Hall–Kier alpha value is -0.570. The molecule has 0 aromatic carbocycles. The van der Waals surface area contributed by atoms with Crippen LogP contribution in [0.3, 0.4) is 0 Å². The maximum Gasteiger partial charge on any atom is 0.225 e. The number of amides is 1. The Morgan fingerprint density at radius 1 is 0.889 bits per heavy atom. The Kier molecular flexibility index (Phi) is 3.60. The van der Waals surface area contributed by atoms with E-state index in [-0.39, 0.29) is 0 Å². The van der Waals surface area contributed by atoms with Gasteiger partial charge in [-0.15, -0.1) is 0 Å². The number of carbonyl (C=O) groups is 1. The van der Waals surface area contributed by atoms with Gasteiger partial charge in [-0.2, -0.15) is 0 Å². The zero-order valence-corrected chi connectivity index (χ0v) is 11.6. The van der Waals surface area contributed by atoms with E-state index in [1.54, 1.807) is 0 Å². The largest absolute Gasteiger partial charge is 0.338 e. The fourth-order valence-corrected chi connectivity index (χ4v) is 4.30. The molecule has 0 bridgehead atoms. The lowest BCUT2D eigenvalue weighted by molar-refractivity contribution is -0.137. The van der Waals surface area contributed by atoms with Gasteiger partial charge in [0, 0.05) is 24.5 Å². The summed E-state index contributed by atoms with van der Waals surface area (Å²) in [7, 11) is 2.23. The van der Waals surface area contributed by atoms with E-state index in [0.717, 1.165) is 19.4 Å². The monoisotopic (exact) mass is 250 g/mol. The average Bonchev–Trinajstić information content (AvgIpc) is 3.09. The Labute approximate surface area is 111 Å². The van der Waals surface area contributed by atoms with Gasteiger partial charge in [0.15, 0.2) is 0 Å². The van der Waals surface area contributed by atoms with Crippen LogP contribution in [0.1, 0.15) is 51.4 Å². The van der Waals surface area contributed by atoms with Crippen LogP contribution in [0.5, 0.6) is 0 Å². The zero-order chi connectivity index (χ0) is 12.5. The van der Waals surface area contributed by atoms with E-state index >= 15 is 0 Å². The molecule has 1 amide bonds. The van der Waals surface area contributed by atoms with E-state index < -0.39 is 0 Å². The number of carbonyl (C=O) groups excluding carboxylic acids is 1. The standard InChI is InChI=1S/C15H26N2O/c1-16-10-4-8-13(16)14-9-5-11-17(14)15(18)12-6-2-3-7-12/h12-14H,2-11H2,1H3. The summed E-state index contributed by atoms with van der Waals surface area (Å²) in [6.45, 7) is 2.23. The highest BCUT2D eigenvalue weighted by atomic mass is 16.2. The third-order valence-electron chi connectivity index (χ3n) is 5.31. The molecule has 3 nitrogen and oxygen atoms in total. The van der Waals surface area contributed by atoms with Gasteiger partial charge in [0.25, 0.3) is 0 Å². The normalized spacial score (nSPS) is 34.6. The summed E-state index contributed by atoms with van der Waals surface area (Å²) in [6.07, 6.45) is 9.85. The molecule has 18 heavy (non-hydrogen) atoms. The molecule has 0 aromatic heterocycles. The second kappa shape index (κ2) is 5.20. The molecule has 0 spiro atoms.